The Morgan fingerprint density at radius 1 is 1.08 bits per heavy atom. The van der Waals surface area contributed by atoms with Crippen molar-refractivity contribution in [2.24, 2.45) is 11.8 Å². The second kappa shape index (κ2) is 8.43. The lowest BCUT2D eigenvalue weighted by Crippen LogP contribution is -2.52. The number of para-hydroxylation sites is 2. The third-order valence-electron chi connectivity index (χ3n) is 5.50. The fraction of sp³-hybridized carbons (Fsp3) is 0.600. The number of aliphatic carboxylic acids is 1. The summed E-state index contributed by atoms with van der Waals surface area (Å²) in [5.41, 5.74) is 1.06. The minimum absolute atomic E-state index is 0.0230. The van der Waals surface area contributed by atoms with Gasteiger partial charge >= 0.3 is 5.97 Å². The molecule has 0 aromatic heterocycles. The number of hydrogen-bond acceptors (Lipinski definition) is 4. The van der Waals surface area contributed by atoms with Crippen molar-refractivity contribution in [1.29, 1.82) is 0 Å². The maximum Gasteiger partial charge on any atom is 0.307 e. The first kappa shape index (κ1) is 18.5. The highest BCUT2D eigenvalue weighted by Crippen LogP contribution is 2.33. The molecule has 2 atom stereocenters. The zero-order chi connectivity index (χ0) is 18.5. The number of hydrogen-bond donors (Lipinski definition) is 1. The van der Waals surface area contributed by atoms with E-state index < -0.39 is 11.9 Å². The number of nitrogens with zero attached hydrogens (tertiary/aromatic N) is 2. The van der Waals surface area contributed by atoms with Crippen LogP contribution in [0, 0.1) is 11.8 Å². The SMILES string of the molecule is CCOc1ccccc1N1CCN(C(=O)C2CCCCC2C(=O)O)CC1. The number of benzene rings is 1. The van der Waals surface area contributed by atoms with Crippen LogP contribution in [-0.4, -0.2) is 54.7 Å². The van der Waals surface area contributed by atoms with Crippen LogP contribution >= 0.6 is 0 Å². The van der Waals surface area contributed by atoms with Crippen molar-refractivity contribution in [3.63, 3.8) is 0 Å². The molecule has 6 nitrogen and oxygen atoms in total. The van der Waals surface area contributed by atoms with Gasteiger partial charge < -0.3 is 19.6 Å². The summed E-state index contributed by atoms with van der Waals surface area (Å²) in [5.74, 6) is -0.813. The molecule has 142 valence electrons. The molecule has 0 radical (unpaired) electrons. The molecular weight excluding hydrogens is 332 g/mol. The molecule has 1 saturated heterocycles. The van der Waals surface area contributed by atoms with Crippen LogP contribution in [0.15, 0.2) is 24.3 Å². The van der Waals surface area contributed by atoms with Crippen molar-refractivity contribution < 1.29 is 19.4 Å². The number of carboxylic acids is 1. The van der Waals surface area contributed by atoms with Crippen LogP contribution in [-0.2, 0) is 9.59 Å². The fourth-order valence-corrected chi connectivity index (χ4v) is 4.12. The molecule has 3 rings (SSSR count). The van der Waals surface area contributed by atoms with Crippen molar-refractivity contribution in [2.45, 2.75) is 32.6 Å². The van der Waals surface area contributed by atoms with E-state index in [4.69, 9.17) is 4.74 Å². The van der Waals surface area contributed by atoms with Crippen LogP contribution in [0.25, 0.3) is 0 Å². The van der Waals surface area contributed by atoms with Gasteiger partial charge in [-0.05, 0) is 31.9 Å². The van der Waals surface area contributed by atoms with Crippen LogP contribution in [0.4, 0.5) is 5.69 Å². The van der Waals surface area contributed by atoms with Gasteiger partial charge in [-0.15, -0.1) is 0 Å². The first-order valence-corrected chi connectivity index (χ1v) is 9.60. The number of carboxylic acid groups (broad SMARTS) is 1. The second-order valence-electron chi connectivity index (χ2n) is 7.05. The summed E-state index contributed by atoms with van der Waals surface area (Å²) in [6, 6.07) is 7.97. The molecule has 2 unspecified atom stereocenters. The molecule has 2 aliphatic rings. The molecule has 6 heteroatoms. The van der Waals surface area contributed by atoms with Gasteiger partial charge in [-0.25, -0.2) is 0 Å². The number of carbonyl (C=O) groups is 2. The molecule has 1 saturated carbocycles. The van der Waals surface area contributed by atoms with Crippen LogP contribution < -0.4 is 9.64 Å². The highest BCUT2D eigenvalue weighted by molar-refractivity contribution is 5.85. The average Bonchev–Trinajstić information content (AvgIpc) is 2.68. The first-order chi connectivity index (χ1) is 12.6. The number of piperazine rings is 1. The van der Waals surface area contributed by atoms with Gasteiger partial charge in [0, 0.05) is 26.2 Å². The Morgan fingerprint density at radius 2 is 1.73 bits per heavy atom. The summed E-state index contributed by atoms with van der Waals surface area (Å²) in [6.45, 7) is 5.31. The molecule has 0 spiro atoms. The predicted molar refractivity (Wildman–Crippen MR) is 99.5 cm³/mol. The number of ether oxygens (including phenoxy) is 1. The van der Waals surface area contributed by atoms with E-state index in [-0.39, 0.29) is 11.8 Å². The first-order valence-electron chi connectivity index (χ1n) is 9.60. The van der Waals surface area contributed by atoms with E-state index in [1.807, 2.05) is 36.1 Å². The Labute approximate surface area is 154 Å². The van der Waals surface area contributed by atoms with Crippen LogP contribution in [0.1, 0.15) is 32.6 Å². The molecule has 0 bridgehead atoms. The van der Waals surface area contributed by atoms with Gasteiger partial charge in [0.15, 0.2) is 0 Å². The Kier molecular flexibility index (Phi) is 6.01. The third-order valence-corrected chi connectivity index (χ3v) is 5.50. The standard InChI is InChI=1S/C20H28N2O4/c1-2-26-18-10-6-5-9-17(18)21-11-13-22(14-12-21)19(23)15-7-3-4-8-16(15)20(24)25/h5-6,9-10,15-16H,2-4,7-8,11-14H2,1H3,(H,24,25). The number of rotatable bonds is 5. The summed E-state index contributed by atoms with van der Waals surface area (Å²) in [7, 11) is 0. The molecule has 1 heterocycles. The average molecular weight is 360 g/mol. The molecule has 1 aromatic rings. The topological polar surface area (TPSA) is 70.1 Å². The summed E-state index contributed by atoms with van der Waals surface area (Å²) < 4.78 is 5.71. The minimum Gasteiger partial charge on any atom is -0.492 e. The lowest BCUT2D eigenvalue weighted by Gasteiger charge is -2.39. The van der Waals surface area contributed by atoms with Crippen LogP contribution in [0.2, 0.25) is 0 Å². The summed E-state index contributed by atoms with van der Waals surface area (Å²) in [5, 5.41) is 9.43. The van der Waals surface area contributed by atoms with Crippen molar-refractivity contribution in [1.82, 2.24) is 4.90 Å². The maximum atomic E-state index is 12.9. The number of amides is 1. The zero-order valence-electron chi connectivity index (χ0n) is 15.4. The van der Waals surface area contributed by atoms with E-state index >= 15 is 0 Å². The van der Waals surface area contributed by atoms with Gasteiger partial charge in [0.25, 0.3) is 0 Å². The molecule has 1 aliphatic carbocycles. The predicted octanol–water partition coefficient (Wildman–Crippen LogP) is 2.62. The van der Waals surface area contributed by atoms with E-state index in [0.29, 0.717) is 32.5 Å². The van der Waals surface area contributed by atoms with Crippen molar-refractivity contribution >= 4 is 17.6 Å². The number of anilines is 1. The largest absolute Gasteiger partial charge is 0.492 e. The molecule has 1 aromatic carbocycles. The van der Waals surface area contributed by atoms with Gasteiger partial charge in [0.1, 0.15) is 5.75 Å². The summed E-state index contributed by atoms with van der Waals surface area (Å²) >= 11 is 0. The van der Waals surface area contributed by atoms with Crippen molar-refractivity contribution in [3.8, 4) is 5.75 Å². The smallest absolute Gasteiger partial charge is 0.307 e. The zero-order valence-corrected chi connectivity index (χ0v) is 15.4. The molecule has 2 fully saturated rings. The quantitative estimate of drug-likeness (QED) is 0.874. The summed E-state index contributed by atoms with van der Waals surface area (Å²) in [4.78, 5) is 28.5. The highest BCUT2D eigenvalue weighted by Gasteiger charge is 2.38. The Bertz CT molecular complexity index is 640. The van der Waals surface area contributed by atoms with E-state index in [9.17, 15) is 14.7 Å². The van der Waals surface area contributed by atoms with E-state index in [0.717, 1.165) is 37.4 Å². The van der Waals surface area contributed by atoms with Gasteiger partial charge in [-0.2, -0.15) is 0 Å². The molecule has 26 heavy (non-hydrogen) atoms. The lowest BCUT2D eigenvalue weighted by molar-refractivity contribution is -0.152. The Morgan fingerprint density at radius 3 is 2.38 bits per heavy atom. The Hall–Kier alpha value is -2.24. The van der Waals surface area contributed by atoms with E-state index in [2.05, 4.69) is 4.90 Å². The molecule has 1 aliphatic heterocycles. The van der Waals surface area contributed by atoms with Gasteiger partial charge in [0.05, 0.1) is 24.1 Å². The van der Waals surface area contributed by atoms with Crippen molar-refractivity contribution in [3.05, 3.63) is 24.3 Å². The van der Waals surface area contributed by atoms with Crippen molar-refractivity contribution in [2.75, 3.05) is 37.7 Å². The Balaban J connectivity index is 1.63. The van der Waals surface area contributed by atoms with Crippen LogP contribution in [0.5, 0.6) is 5.75 Å². The molecular formula is C20H28N2O4. The van der Waals surface area contributed by atoms with E-state index in [1.54, 1.807) is 0 Å². The number of carbonyl (C=O) groups excluding carboxylic acids is 1. The summed E-state index contributed by atoms with van der Waals surface area (Å²) in [6.07, 6.45) is 3.17. The molecule has 1 N–H and O–H groups in total. The van der Waals surface area contributed by atoms with Gasteiger partial charge in [-0.1, -0.05) is 25.0 Å². The minimum atomic E-state index is -0.827. The van der Waals surface area contributed by atoms with Gasteiger partial charge in [0.2, 0.25) is 5.91 Å². The monoisotopic (exact) mass is 360 g/mol. The van der Waals surface area contributed by atoms with Gasteiger partial charge in [-0.3, -0.25) is 9.59 Å². The van der Waals surface area contributed by atoms with Crippen LogP contribution in [0.3, 0.4) is 0 Å². The highest BCUT2D eigenvalue weighted by atomic mass is 16.5. The van der Waals surface area contributed by atoms with E-state index in [1.165, 1.54) is 0 Å². The third kappa shape index (κ3) is 3.94. The second-order valence-corrected chi connectivity index (χ2v) is 7.05. The fourth-order valence-electron chi connectivity index (χ4n) is 4.12. The maximum absolute atomic E-state index is 12.9. The molecule has 1 amide bonds. The lowest BCUT2D eigenvalue weighted by atomic mass is 9.78. The normalized spacial score (nSPS) is 23.6.